The SMILES string of the molecule is COc1ccc(CCC(=O)NCCc2cc(F)cc3c2OCOC3)cc1OC. The summed E-state index contributed by atoms with van der Waals surface area (Å²) in [5.41, 5.74) is 2.42. The van der Waals surface area contributed by atoms with Gasteiger partial charge >= 0.3 is 0 Å². The standard InChI is InChI=1S/C21H24FNO5/c1-25-18-5-3-14(9-19(18)26-2)4-6-20(24)23-8-7-15-10-17(22)11-16-12-27-13-28-21(15)16/h3,5,9-11H,4,6-8,12-13H2,1-2H3,(H,23,24). The van der Waals surface area contributed by atoms with E-state index in [1.165, 1.54) is 12.1 Å². The lowest BCUT2D eigenvalue weighted by molar-refractivity contribution is -0.121. The average Bonchev–Trinajstić information content (AvgIpc) is 2.71. The van der Waals surface area contributed by atoms with Crippen LogP contribution in [0.4, 0.5) is 4.39 Å². The van der Waals surface area contributed by atoms with Crippen LogP contribution in [0.3, 0.4) is 0 Å². The summed E-state index contributed by atoms with van der Waals surface area (Å²) in [5.74, 6) is 1.56. The molecular weight excluding hydrogens is 365 g/mol. The molecule has 28 heavy (non-hydrogen) atoms. The van der Waals surface area contributed by atoms with E-state index in [9.17, 15) is 9.18 Å². The maximum absolute atomic E-state index is 13.7. The van der Waals surface area contributed by atoms with E-state index in [1.54, 1.807) is 14.2 Å². The zero-order valence-corrected chi connectivity index (χ0v) is 16.0. The maximum atomic E-state index is 13.7. The molecule has 0 bridgehead atoms. The second-order valence-electron chi connectivity index (χ2n) is 6.45. The van der Waals surface area contributed by atoms with Crippen LogP contribution in [-0.2, 0) is 29.0 Å². The molecule has 150 valence electrons. The van der Waals surface area contributed by atoms with Crippen LogP contribution in [0.25, 0.3) is 0 Å². The minimum Gasteiger partial charge on any atom is -0.493 e. The van der Waals surface area contributed by atoms with Crippen LogP contribution in [0, 0.1) is 5.82 Å². The summed E-state index contributed by atoms with van der Waals surface area (Å²) in [5, 5.41) is 2.87. The third-order valence-corrected chi connectivity index (χ3v) is 4.56. The van der Waals surface area contributed by atoms with E-state index in [0.717, 1.165) is 11.1 Å². The smallest absolute Gasteiger partial charge is 0.220 e. The highest BCUT2D eigenvalue weighted by molar-refractivity contribution is 5.76. The highest BCUT2D eigenvalue weighted by Gasteiger charge is 2.17. The van der Waals surface area contributed by atoms with Crippen LogP contribution < -0.4 is 19.5 Å². The lowest BCUT2D eigenvalue weighted by Gasteiger charge is -2.21. The van der Waals surface area contributed by atoms with E-state index in [0.29, 0.717) is 55.2 Å². The highest BCUT2D eigenvalue weighted by atomic mass is 19.1. The number of fused-ring (bicyclic) bond motifs is 1. The van der Waals surface area contributed by atoms with Crippen LogP contribution in [0.5, 0.6) is 17.2 Å². The van der Waals surface area contributed by atoms with Crippen LogP contribution in [0.15, 0.2) is 30.3 Å². The Morgan fingerprint density at radius 2 is 1.96 bits per heavy atom. The number of carbonyl (C=O) groups excluding carboxylic acids is 1. The molecule has 0 unspecified atom stereocenters. The van der Waals surface area contributed by atoms with Gasteiger partial charge in [-0.15, -0.1) is 0 Å². The van der Waals surface area contributed by atoms with Gasteiger partial charge in [0.25, 0.3) is 0 Å². The molecule has 0 fully saturated rings. The van der Waals surface area contributed by atoms with Crippen molar-refractivity contribution in [3.05, 3.63) is 52.8 Å². The number of methoxy groups -OCH3 is 2. The number of nitrogens with one attached hydrogen (secondary N) is 1. The highest BCUT2D eigenvalue weighted by Crippen LogP contribution is 2.30. The number of rotatable bonds is 8. The van der Waals surface area contributed by atoms with Crippen molar-refractivity contribution in [2.75, 3.05) is 27.6 Å². The van der Waals surface area contributed by atoms with Crippen LogP contribution in [0.1, 0.15) is 23.1 Å². The van der Waals surface area contributed by atoms with E-state index in [-0.39, 0.29) is 18.5 Å². The van der Waals surface area contributed by atoms with Gasteiger partial charge in [0.05, 0.1) is 20.8 Å². The molecular formula is C21H24FNO5. The molecule has 0 spiro atoms. The molecule has 0 saturated carbocycles. The van der Waals surface area contributed by atoms with Gasteiger partial charge in [0.2, 0.25) is 5.91 Å². The number of hydrogen-bond donors (Lipinski definition) is 1. The van der Waals surface area contributed by atoms with Gasteiger partial charge in [-0.05, 0) is 48.2 Å². The molecule has 1 aliphatic rings. The molecule has 0 aromatic heterocycles. The van der Waals surface area contributed by atoms with Gasteiger partial charge in [-0.1, -0.05) is 6.07 Å². The second kappa shape index (κ2) is 9.41. The molecule has 2 aromatic rings. The number of hydrogen-bond acceptors (Lipinski definition) is 5. The van der Waals surface area contributed by atoms with Crippen molar-refractivity contribution in [1.29, 1.82) is 0 Å². The van der Waals surface area contributed by atoms with Gasteiger partial charge in [-0.25, -0.2) is 4.39 Å². The Bertz CT molecular complexity index is 840. The fourth-order valence-corrected chi connectivity index (χ4v) is 3.16. The van der Waals surface area contributed by atoms with Crippen molar-refractivity contribution >= 4 is 5.91 Å². The minimum atomic E-state index is -0.331. The molecule has 0 aliphatic carbocycles. The molecule has 0 atom stereocenters. The van der Waals surface area contributed by atoms with Gasteiger partial charge in [-0.3, -0.25) is 4.79 Å². The minimum absolute atomic E-state index is 0.0655. The molecule has 1 heterocycles. The topological polar surface area (TPSA) is 66.0 Å². The van der Waals surface area contributed by atoms with E-state index in [1.807, 2.05) is 18.2 Å². The van der Waals surface area contributed by atoms with Crippen LogP contribution >= 0.6 is 0 Å². The lowest BCUT2D eigenvalue weighted by atomic mass is 10.1. The first kappa shape index (κ1) is 19.9. The quantitative estimate of drug-likeness (QED) is 0.752. The third-order valence-electron chi connectivity index (χ3n) is 4.56. The molecule has 2 aromatic carbocycles. The summed E-state index contributed by atoms with van der Waals surface area (Å²) in [4.78, 5) is 12.1. The molecule has 0 saturated heterocycles. The van der Waals surface area contributed by atoms with Gasteiger partial charge < -0.3 is 24.3 Å². The van der Waals surface area contributed by atoms with Gasteiger partial charge in [0.1, 0.15) is 11.6 Å². The molecule has 1 N–H and O–H groups in total. The monoisotopic (exact) mass is 389 g/mol. The Labute approximate surface area is 163 Å². The normalized spacial score (nSPS) is 12.7. The Morgan fingerprint density at radius 3 is 2.75 bits per heavy atom. The Kier molecular flexibility index (Phi) is 6.71. The Morgan fingerprint density at radius 1 is 1.14 bits per heavy atom. The summed E-state index contributed by atoms with van der Waals surface area (Å²) < 4.78 is 34.9. The van der Waals surface area contributed by atoms with Crippen molar-refractivity contribution in [2.45, 2.75) is 25.9 Å². The number of halogens is 1. The fourth-order valence-electron chi connectivity index (χ4n) is 3.16. The van der Waals surface area contributed by atoms with Crippen molar-refractivity contribution in [3.63, 3.8) is 0 Å². The van der Waals surface area contributed by atoms with Crippen LogP contribution in [-0.4, -0.2) is 33.5 Å². The predicted octanol–water partition coefficient (Wildman–Crippen LogP) is 3.00. The Hall–Kier alpha value is -2.80. The third kappa shape index (κ3) is 4.92. The molecule has 1 amide bonds. The fraction of sp³-hybridized carbons (Fsp3) is 0.381. The summed E-state index contributed by atoms with van der Waals surface area (Å²) in [6, 6.07) is 8.46. The summed E-state index contributed by atoms with van der Waals surface area (Å²) >= 11 is 0. The van der Waals surface area contributed by atoms with E-state index >= 15 is 0 Å². The zero-order valence-electron chi connectivity index (χ0n) is 16.0. The number of ether oxygens (including phenoxy) is 4. The predicted molar refractivity (Wildman–Crippen MR) is 101 cm³/mol. The van der Waals surface area contributed by atoms with Crippen molar-refractivity contribution < 1.29 is 28.1 Å². The first-order valence-electron chi connectivity index (χ1n) is 9.10. The number of carbonyl (C=O) groups is 1. The summed E-state index contributed by atoms with van der Waals surface area (Å²) in [6.45, 7) is 0.895. The first-order chi connectivity index (χ1) is 13.6. The number of benzene rings is 2. The molecule has 7 heteroatoms. The van der Waals surface area contributed by atoms with Crippen molar-refractivity contribution in [1.82, 2.24) is 5.32 Å². The average molecular weight is 389 g/mol. The maximum Gasteiger partial charge on any atom is 0.220 e. The van der Waals surface area contributed by atoms with Crippen molar-refractivity contribution in [3.8, 4) is 17.2 Å². The van der Waals surface area contributed by atoms with Crippen LogP contribution in [0.2, 0.25) is 0 Å². The first-order valence-corrected chi connectivity index (χ1v) is 9.10. The summed E-state index contributed by atoms with van der Waals surface area (Å²) in [6.07, 6.45) is 1.42. The van der Waals surface area contributed by atoms with E-state index in [4.69, 9.17) is 18.9 Å². The van der Waals surface area contributed by atoms with Gasteiger partial charge in [0, 0.05) is 18.5 Å². The summed E-state index contributed by atoms with van der Waals surface area (Å²) in [7, 11) is 3.16. The zero-order chi connectivity index (χ0) is 19.9. The lowest BCUT2D eigenvalue weighted by Crippen LogP contribution is -2.26. The number of amides is 1. The second-order valence-corrected chi connectivity index (χ2v) is 6.45. The number of aryl methyl sites for hydroxylation is 1. The molecule has 0 radical (unpaired) electrons. The molecule has 3 rings (SSSR count). The van der Waals surface area contributed by atoms with Crippen molar-refractivity contribution in [2.24, 2.45) is 0 Å². The van der Waals surface area contributed by atoms with E-state index in [2.05, 4.69) is 5.32 Å². The van der Waals surface area contributed by atoms with Gasteiger partial charge in [0.15, 0.2) is 18.3 Å². The van der Waals surface area contributed by atoms with E-state index < -0.39 is 0 Å². The Balaban J connectivity index is 1.50. The molecule has 1 aliphatic heterocycles. The largest absolute Gasteiger partial charge is 0.493 e. The molecule has 6 nitrogen and oxygen atoms in total. The van der Waals surface area contributed by atoms with Gasteiger partial charge in [-0.2, -0.15) is 0 Å².